The van der Waals surface area contributed by atoms with Gasteiger partial charge >= 0.3 is 0 Å². The van der Waals surface area contributed by atoms with E-state index in [2.05, 4.69) is 21.4 Å². The van der Waals surface area contributed by atoms with E-state index in [-0.39, 0.29) is 5.82 Å². The number of rotatable bonds is 4. The van der Waals surface area contributed by atoms with Gasteiger partial charge in [0, 0.05) is 22.1 Å². The van der Waals surface area contributed by atoms with E-state index < -0.39 is 0 Å². The number of hydrazone groups is 1. The molecule has 0 radical (unpaired) electrons. The van der Waals surface area contributed by atoms with Crippen molar-refractivity contribution in [3.63, 3.8) is 0 Å². The predicted octanol–water partition coefficient (Wildman–Crippen LogP) is 4.38. The summed E-state index contributed by atoms with van der Waals surface area (Å²) >= 11 is 1.44. The molecular formula is C18H12FN3S. The molecule has 0 bridgehead atoms. The quantitative estimate of drug-likeness (QED) is 0.440. The van der Waals surface area contributed by atoms with E-state index in [0.717, 1.165) is 11.3 Å². The second-order valence-corrected chi connectivity index (χ2v) is 5.51. The molecule has 1 heterocycles. The van der Waals surface area contributed by atoms with Crippen LogP contribution in [-0.2, 0) is 0 Å². The van der Waals surface area contributed by atoms with E-state index >= 15 is 0 Å². The predicted molar refractivity (Wildman–Crippen MR) is 93.1 cm³/mol. The molecule has 5 heteroatoms. The molecule has 0 amide bonds. The third-order valence-corrected chi connectivity index (χ3v) is 3.85. The number of benzene rings is 2. The highest BCUT2D eigenvalue weighted by Gasteiger charge is 2.03. The van der Waals surface area contributed by atoms with Crippen molar-refractivity contribution >= 4 is 22.7 Å². The van der Waals surface area contributed by atoms with Gasteiger partial charge in [-0.25, -0.2) is 9.37 Å². The summed E-state index contributed by atoms with van der Waals surface area (Å²) in [6.45, 7) is 0. The molecule has 112 valence electrons. The summed E-state index contributed by atoms with van der Waals surface area (Å²) < 4.78 is 13.3. The number of hydrogen-bond acceptors (Lipinski definition) is 4. The first kappa shape index (κ1) is 14.9. The van der Waals surface area contributed by atoms with Crippen molar-refractivity contribution < 1.29 is 4.39 Å². The van der Waals surface area contributed by atoms with Crippen LogP contribution in [0.1, 0.15) is 11.1 Å². The van der Waals surface area contributed by atoms with Crippen molar-refractivity contribution in [3.05, 3.63) is 70.9 Å². The Morgan fingerprint density at radius 2 is 2.04 bits per heavy atom. The summed E-state index contributed by atoms with van der Waals surface area (Å²) in [5.41, 5.74) is 5.89. The Balaban J connectivity index is 1.73. The maximum atomic E-state index is 13.3. The monoisotopic (exact) mass is 321 g/mol. The van der Waals surface area contributed by atoms with E-state index in [0.29, 0.717) is 16.3 Å². The summed E-state index contributed by atoms with van der Waals surface area (Å²) in [6, 6.07) is 14.1. The van der Waals surface area contributed by atoms with Crippen LogP contribution in [0, 0.1) is 18.2 Å². The molecule has 3 nitrogen and oxygen atoms in total. The highest BCUT2D eigenvalue weighted by atomic mass is 32.1. The van der Waals surface area contributed by atoms with E-state index in [1.165, 1.54) is 29.7 Å². The van der Waals surface area contributed by atoms with E-state index in [1.807, 2.05) is 35.7 Å². The van der Waals surface area contributed by atoms with Crippen LogP contribution in [0.15, 0.2) is 59.0 Å². The molecule has 0 atom stereocenters. The molecule has 0 saturated carbocycles. The molecular weight excluding hydrogens is 309 g/mol. The zero-order valence-corrected chi connectivity index (χ0v) is 12.8. The molecule has 0 aliphatic rings. The fourth-order valence-electron chi connectivity index (χ4n) is 2.00. The Morgan fingerprint density at radius 3 is 2.83 bits per heavy atom. The average Bonchev–Trinajstić information content (AvgIpc) is 3.05. The molecule has 2 aromatic carbocycles. The third-order valence-electron chi connectivity index (χ3n) is 3.11. The zero-order valence-electron chi connectivity index (χ0n) is 12.0. The van der Waals surface area contributed by atoms with Crippen LogP contribution in [0.4, 0.5) is 9.52 Å². The Hall–Kier alpha value is -2.97. The largest absolute Gasteiger partial charge is 0.253 e. The number of nitrogens with one attached hydrogen (secondary N) is 1. The lowest BCUT2D eigenvalue weighted by Gasteiger charge is -1.99. The van der Waals surface area contributed by atoms with Crippen molar-refractivity contribution in [1.29, 1.82) is 0 Å². The summed E-state index contributed by atoms with van der Waals surface area (Å²) in [5.74, 6) is 2.14. The first-order valence-corrected chi connectivity index (χ1v) is 7.70. The SMILES string of the molecule is C#Cc1ccc(F)cc1C=NNc1nc(-c2ccccc2)cs1. The molecule has 0 saturated heterocycles. The van der Waals surface area contributed by atoms with Crippen molar-refractivity contribution in [3.8, 4) is 23.6 Å². The van der Waals surface area contributed by atoms with Crippen molar-refractivity contribution in [2.75, 3.05) is 5.43 Å². The zero-order chi connectivity index (χ0) is 16.1. The number of halogens is 1. The molecule has 23 heavy (non-hydrogen) atoms. The Labute approximate surface area is 137 Å². The van der Waals surface area contributed by atoms with Crippen LogP contribution in [0.3, 0.4) is 0 Å². The summed E-state index contributed by atoms with van der Waals surface area (Å²) in [4.78, 5) is 4.45. The van der Waals surface area contributed by atoms with Crippen LogP contribution in [-0.4, -0.2) is 11.2 Å². The molecule has 1 aromatic heterocycles. The second-order valence-electron chi connectivity index (χ2n) is 4.65. The Bertz CT molecular complexity index is 879. The van der Waals surface area contributed by atoms with Gasteiger partial charge in [-0.2, -0.15) is 5.10 Å². The van der Waals surface area contributed by atoms with Crippen LogP contribution in [0.25, 0.3) is 11.3 Å². The first-order chi connectivity index (χ1) is 11.3. The van der Waals surface area contributed by atoms with Crippen molar-refractivity contribution in [2.45, 2.75) is 0 Å². The van der Waals surface area contributed by atoms with Gasteiger partial charge in [-0.15, -0.1) is 17.8 Å². The summed E-state index contributed by atoms with van der Waals surface area (Å²) in [6.07, 6.45) is 6.87. The van der Waals surface area contributed by atoms with Gasteiger partial charge in [0.2, 0.25) is 5.13 Å². The number of thiazole rings is 1. The third kappa shape index (κ3) is 3.62. The molecule has 0 aliphatic heterocycles. The number of terminal acetylenes is 1. The number of nitrogens with zero attached hydrogens (tertiary/aromatic N) is 2. The van der Waals surface area contributed by atoms with Gasteiger partial charge in [0.05, 0.1) is 11.9 Å². The lowest BCUT2D eigenvalue weighted by atomic mass is 10.1. The van der Waals surface area contributed by atoms with Gasteiger partial charge in [0.15, 0.2) is 0 Å². The summed E-state index contributed by atoms with van der Waals surface area (Å²) in [5, 5.41) is 6.68. The Morgan fingerprint density at radius 1 is 1.22 bits per heavy atom. The molecule has 0 aliphatic carbocycles. The second kappa shape index (κ2) is 6.86. The molecule has 3 aromatic rings. The van der Waals surface area contributed by atoms with Crippen LogP contribution >= 0.6 is 11.3 Å². The number of hydrogen-bond donors (Lipinski definition) is 1. The van der Waals surface area contributed by atoms with E-state index in [9.17, 15) is 4.39 Å². The normalized spacial score (nSPS) is 10.6. The van der Waals surface area contributed by atoms with Gasteiger partial charge in [-0.3, -0.25) is 5.43 Å². The minimum atomic E-state index is -0.355. The minimum Gasteiger partial charge on any atom is -0.253 e. The molecule has 3 rings (SSSR count). The number of anilines is 1. The highest BCUT2D eigenvalue weighted by molar-refractivity contribution is 7.14. The van der Waals surface area contributed by atoms with Crippen LogP contribution in [0.2, 0.25) is 0 Å². The molecule has 0 spiro atoms. The van der Waals surface area contributed by atoms with Crippen LogP contribution in [0.5, 0.6) is 0 Å². The molecule has 0 fully saturated rings. The van der Waals surface area contributed by atoms with Gasteiger partial charge < -0.3 is 0 Å². The van der Waals surface area contributed by atoms with Gasteiger partial charge in [0.25, 0.3) is 0 Å². The topological polar surface area (TPSA) is 37.3 Å². The van der Waals surface area contributed by atoms with Gasteiger partial charge in [0.1, 0.15) is 5.82 Å². The first-order valence-electron chi connectivity index (χ1n) is 6.82. The fraction of sp³-hybridized carbons (Fsp3) is 0. The smallest absolute Gasteiger partial charge is 0.203 e. The molecule has 0 unspecified atom stereocenters. The molecule has 1 N–H and O–H groups in total. The maximum Gasteiger partial charge on any atom is 0.203 e. The van der Waals surface area contributed by atoms with Crippen LogP contribution < -0.4 is 5.43 Å². The van der Waals surface area contributed by atoms with Crippen molar-refractivity contribution in [2.24, 2.45) is 5.10 Å². The lowest BCUT2D eigenvalue weighted by molar-refractivity contribution is 0.627. The van der Waals surface area contributed by atoms with Gasteiger partial charge in [-0.05, 0) is 18.2 Å². The standard InChI is InChI=1S/C18H12FN3S/c1-2-13-8-9-16(19)10-15(13)11-20-22-18-21-17(12-23-18)14-6-4-3-5-7-14/h1,3-12H,(H,21,22). The summed E-state index contributed by atoms with van der Waals surface area (Å²) in [7, 11) is 0. The van der Waals surface area contributed by atoms with E-state index in [4.69, 9.17) is 6.42 Å². The van der Waals surface area contributed by atoms with E-state index in [1.54, 1.807) is 6.07 Å². The van der Waals surface area contributed by atoms with Crippen molar-refractivity contribution in [1.82, 2.24) is 4.98 Å². The average molecular weight is 321 g/mol. The van der Waals surface area contributed by atoms with Gasteiger partial charge in [-0.1, -0.05) is 36.3 Å². The Kier molecular flexibility index (Phi) is 4.46. The minimum absolute atomic E-state index is 0.355. The maximum absolute atomic E-state index is 13.3. The highest BCUT2D eigenvalue weighted by Crippen LogP contribution is 2.24. The fourth-order valence-corrected chi connectivity index (χ4v) is 2.66. The lowest BCUT2D eigenvalue weighted by Crippen LogP contribution is -1.94. The number of aromatic nitrogens is 1.